The highest BCUT2D eigenvalue weighted by Gasteiger charge is 2.39. The molecule has 0 unspecified atom stereocenters. The molecule has 0 aliphatic rings. The van der Waals surface area contributed by atoms with Gasteiger partial charge in [-0.05, 0) is 66.9 Å². The van der Waals surface area contributed by atoms with E-state index in [2.05, 4.69) is 10.1 Å². The largest absolute Gasteiger partial charge is 0.487 e. The predicted octanol–water partition coefficient (Wildman–Crippen LogP) is 6.72. The van der Waals surface area contributed by atoms with Gasteiger partial charge in [0.1, 0.15) is 29.3 Å². The van der Waals surface area contributed by atoms with Crippen LogP contribution in [-0.4, -0.2) is 25.7 Å². The quantitative estimate of drug-likeness (QED) is 0.218. The fourth-order valence-corrected chi connectivity index (χ4v) is 4.63. The molecule has 1 N–H and O–H groups in total. The van der Waals surface area contributed by atoms with Crippen LogP contribution >= 0.6 is 0 Å². The Morgan fingerprint density at radius 2 is 1.70 bits per heavy atom. The van der Waals surface area contributed by atoms with Crippen LogP contribution in [-0.2, 0) is 29.4 Å². The van der Waals surface area contributed by atoms with Gasteiger partial charge in [-0.1, -0.05) is 42.5 Å². The molecule has 0 aliphatic carbocycles. The number of carbonyl (C=O) groups is 1. The molecule has 2 heterocycles. The average molecular weight is 550 g/mol. The monoisotopic (exact) mass is 549 g/mol. The summed E-state index contributed by atoms with van der Waals surface area (Å²) in [7, 11) is 0. The van der Waals surface area contributed by atoms with E-state index in [1.54, 1.807) is 30.3 Å². The number of hydrogen-bond acceptors (Lipinski definition) is 4. The van der Waals surface area contributed by atoms with Gasteiger partial charge in [-0.2, -0.15) is 18.3 Å². The van der Waals surface area contributed by atoms with Gasteiger partial charge in [0.2, 0.25) is 0 Å². The zero-order chi connectivity index (χ0) is 28.5. The first-order chi connectivity index (χ1) is 19.1. The summed E-state index contributed by atoms with van der Waals surface area (Å²) in [6.45, 7) is 1.45. The third-order valence-electron chi connectivity index (χ3n) is 6.69. The number of para-hydroxylation sites is 1. The summed E-state index contributed by atoms with van der Waals surface area (Å²) < 4.78 is 60.9. The third kappa shape index (κ3) is 5.25. The van der Waals surface area contributed by atoms with E-state index in [1.807, 2.05) is 6.07 Å². The number of fused-ring (bicyclic) bond motifs is 1. The summed E-state index contributed by atoms with van der Waals surface area (Å²) in [5.74, 6) is -1.11. The number of carboxylic acids is 1. The van der Waals surface area contributed by atoms with Gasteiger partial charge in [-0.25, -0.2) is 13.9 Å². The molecular weight excluding hydrogens is 526 g/mol. The lowest BCUT2D eigenvalue weighted by molar-refractivity contribution is -0.143. The number of benzene rings is 3. The van der Waals surface area contributed by atoms with Crippen molar-refractivity contribution in [2.45, 2.75) is 31.5 Å². The molecule has 0 fully saturated rings. The van der Waals surface area contributed by atoms with E-state index in [1.165, 1.54) is 54.0 Å². The van der Waals surface area contributed by atoms with Crippen molar-refractivity contribution in [3.63, 3.8) is 0 Å². The number of carboxylic acid groups (broad SMARTS) is 1. The number of nitrogens with zero attached hydrogens (tertiary/aromatic N) is 3. The number of hydrogen-bond donors (Lipinski definition) is 1. The fraction of sp³-hybridized carbons (Fsp3) is 0.167. The third-order valence-corrected chi connectivity index (χ3v) is 6.69. The summed E-state index contributed by atoms with van der Waals surface area (Å²) >= 11 is 0. The van der Waals surface area contributed by atoms with E-state index < -0.39 is 28.9 Å². The first-order valence-electron chi connectivity index (χ1n) is 12.3. The standard InChI is InChI=1S/C30H23F4N3O3/c1-29(28(38)39,17-19-6-5-7-22(31)16-19)25-14-15-35-27-26(20-10-12-21(13-11-20)30(32,33)34)24(36-37(25)27)18-40-23-8-3-2-4-9-23/h2-16H,17-18H2,1H3,(H,38,39)/t29-/m1/s1. The van der Waals surface area contributed by atoms with E-state index in [9.17, 15) is 27.5 Å². The van der Waals surface area contributed by atoms with Crippen molar-refractivity contribution >= 4 is 11.6 Å². The Hall–Kier alpha value is -4.73. The van der Waals surface area contributed by atoms with Crippen LogP contribution in [0.3, 0.4) is 0 Å². The van der Waals surface area contributed by atoms with Gasteiger partial charge in [0.25, 0.3) is 0 Å². The highest BCUT2D eigenvalue weighted by atomic mass is 19.4. The van der Waals surface area contributed by atoms with Crippen LogP contribution < -0.4 is 4.74 Å². The smallest absolute Gasteiger partial charge is 0.416 e. The van der Waals surface area contributed by atoms with Gasteiger partial charge < -0.3 is 9.84 Å². The lowest BCUT2D eigenvalue weighted by Gasteiger charge is -2.26. The molecule has 2 aromatic heterocycles. The Morgan fingerprint density at radius 1 is 0.975 bits per heavy atom. The van der Waals surface area contributed by atoms with Crippen LogP contribution in [0.4, 0.5) is 17.6 Å². The van der Waals surface area contributed by atoms with Crippen molar-refractivity contribution in [2.24, 2.45) is 0 Å². The molecule has 0 radical (unpaired) electrons. The number of halogens is 4. The van der Waals surface area contributed by atoms with E-state index >= 15 is 0 Å². The predicted molar refractivity (Wildman–Crippen MR) is 139 cm³/mol. The number of alkyl halides is 3. The van der Waals surface area contributed by atoms with Gasteiger partial charge in [0.05, 0.1) is 16.8 Å². The van der Waals surface area contributed by atoms with Gasteiger partial charge >= 0.3 is 12.1 Å². The molecule has 5 aromatic rings. The molecule has 6 nitrogen and oxygen atoms in total. The first kappa shape index (κ1) is 26.9. The number of aliphatic carboxylic acids is 1. The molecular formula is C30H23F4N3O3. The second-order valence-corrected chi connectivity index (χ2v) is 9.51. The highest BCUT2D eigenvalue weighted by Crippen LogP contribution is 2.36. The molecule has 1 atom stereocenters. The van der Waals surface area contributed by atoms with Crippen molar-refractivity contribution in [3.05, 3.63) is 119 Å². The van der Waals surface area contributed by atoms with E-state index in [0.717, 1.165) is 12.1 Å². The number of aromatic nitrogens is 3. The van der Waals surface area contributed by atoms with Gasteiger partial charge in [0, 0.05) is 6.20 Å². The topological polar surface area (TPSA) is 76.7 Å². The van der Waals surface area contributed by atoms with E-state index in [-0.39, 0.29) is 24.4 Å². The Morgan fingerprint density at radius 3 is 2.35 bits per heavy atom. The van der Waals surface area contributed by atoms with Crippen LogP contribution in [0.5, 0.6) is 5.75 Å². The van der Waals surface area contributed by atoms with Crippen molar-refractivity contribution in [3.8, 4) is 16.9 Å². The molecule has 10 heteroatoms. The number of ether oxygens (including phenoxy) is 1. The second-order valence-electron chi connectivity index (χ2n) is 9.51. The minimum Gasteiger partial charge on any atom is -0.487 e. The SMILES string of the molecule is C[C@](Cc1cccc(F)c1)(C(=O)O)c1ccnc2c(-c3ccc(C(F)(F)F)cc3)c(COc3ccccc3)nn12. The summed E-state index contributed by atoms with van der Waals surface area (Å²) in [4.78, 5) is 17.1. The van der Waals surface area contributed by atoms with Crippen molar-refractivity contribution < 1.29 is 32.2 Å². The van der Waals surface area contributed by atoms with Gasteiger partial charge in [-0.3, -0.25) is 4.79 Å². The van der Waals surface area contributed by atoms with Crippen LogP contribution in [0, 0.1) is 5.82 Å². The highest BCUT2D eigenvalue weighted by molar-refractivity contribution is 5.83. The van der Waals surface area contributed by atoms with Crippen molar-refractivity contribution in [1.82, 2.24) is 14.6 Å². The van der Waals surface area contributed by atoms with E-state index in [0.29, 0.717) is 28.1 Å². The lowest BCUT2D eigenvalue weighted by atomic mass is 9.80. The lowest BCUT2D eigenvalue weighted by Crippen LogP contribution is -2.37. The normalized spacial score (nSPS) is 13.2. The second kappa shape index (κ2) is 10.4. The van der Waals surface area contributed by atoms with Crippen LogP contribution in [0.2, 0.25) is 0 Å². The maximum atomic E-state index is 13.9. The zero-order valence-corrected chi connectivity index (χ0v) is 21.2. The molecule has 0 saturated carbocycles. The van der Waals surface area contributed by atoms with Crippen molar-refractivity contribution in [2.75, 3.05) is 0 Å². The Kier molecular flexibility index (Phi) is 7.01. The fourth-order valence-electron chi connectivity index (χ4n) is 4.63. The Bertz CT molecular complexity index is 1670. The molecule has 204 valence electrons. The number of rotatable bonds is 8. The van der Waals surface area contributed by atoms with Gasteiger partial charge in [-0.15, -0.1) is 0 Å². The molecule has 3 aromatic carbocycles. The Labute approximate surface area is 226 Å². The van der Waals surface area contributed by atoms with Gasteiger partial charge in [0.15, 0.2) is 5.65 Å². The zero-order valence-electron chi connectivity index (χ0n) is 21.2. The van der Waals surface area contributed by atoms with Crippen LogP contribution in [0.1, 0.15) is 29.4 Å². The molecule has 5 rings (SSSR count). The van der Waals surface area contributed by atoms with Crippen molar-refractivity contribution in [1.29, 1.82) is 0 Å². The first-order valence-corrected chi connectivity index (χ1v) is 12.3. The molecule has 0 spiro atoms. The molecule has 0 aliphatic heterocycles. The van der Waals surface area contributed by atoms with E-state index in [4.69, 9.17) is 4.74 Å². The average Bonchev–Trinajstić information content (AvgIpc) is 3.30. The molecule has 0 bridgehead atoms. The van der Waals surface area contributed by atoms with Crippen LogP contribution in [0.15, 0.2) is 91.1 Å². The summed E-state index contributed by atoms with van der Waals surface area (Å²) in [6.07, 6.45) is -3.14. The minimum absolute atomic E-state index is 0.0511. The molecule has 0 amide bonds. The minimum atomic E-state index is -4.51. The maximum absolute atomic E-state index is 13.9. The summed E-state index contributed by atoms with van der Waals surface area (Å²) in [5, 5.41) is 15.0. The van der Waals surface area contributed by atoms with Crippen LogP contribution in [0.25, 0.3) is 16.8 Å². The molecule has 0 saturated heterocycles. The Balaban J connectivity index is 1.66. The summed E-state index contributed by atoms with van der Waals surface area (Å²) in [6, 6.07) is 20.7. The molecule has 40 heavy (non-hydrogen) atoms. The summed E-state index contributed by atoms with van der Waals surface area (Å²) in [5.41, 5.74) is -0.233. The maximum Gasteiger partial charge on any atom is 0.416 e.